The van der Waals surface area contributed by atoms with Crippen molar-refractivity contribution < 1.29 is 0 Å². The van der Waals surface area contributed by atoms with Crippen molar-refractivity contribution in [3.05, 3.63) is 16.1 Å². The van der Waals surface area contributed by atoms with Gasteiger partial charge in [0.2, 0.25) is 0 Å². The minimum absolute atomic E-state index is 0.441. The normalized spacial score (nSPS) is 36.0. The lowest BCUT2D eigenvalue weighted by molar-refractivity contribution is 0.208. The summed E-state index contributed by atoms with van der Waals surface area (Å²) >= 11 is 1.76. The van der Waals surface area contributed by atoms with E-state index in [4.69, 9.17) is 5.73 Å². The Kier molecular flexibility index (Phi) is 1.90. The third kappa shape index (κ3) is 1.21. The maximum absolute atomic E-state index is 6.02. The highest BCUT2D eigenvalue weighted by molar-refractivity contribution is 7.09. The molecule has 1 aromatic heterocycles. The number of hydrogen-bond acceptors (Lipinski definition) is 4. The average molecular weight is 209 g/mol. The molecule has 3 unspecified atom stereocenters. The zero-order valence-corrected chi connectivity index (χ0v) is 9.13. The van der Waals surface area contributed by atoms with Crippen molar-refractivity contribution in [2.24, 2.45) is 11.7 Å². The van der Waals surface area contributed by atoms with Gasteiger partial charge in [0.15, 0.2) is 0 Å². The number of hydrogen-bond donors (Lipinski definition) is 1. The molecule has 14 heavy (non-hydrogen) atoms. The monoisotopic (exact) mass is 209 g/mol. The molecule has 3 aliphatic rings. The van der Waals surface area contributed by atoms with E-state index in [-0.39, 0.29) is 0 Å². The number of nitrogens with two attached hydrogens (primary N) is 1. The topological polar surface area (TPSA) is 42.1 Å². The molecule has 2 N–H and O–H groups in total. The third-order valence-electron chi connectivity index (χ3n) is 3.48. The third-order valence-corrected chi connectivity index (χ3v) is 4.43. The van der Waals surface area contributed by atoms with Gasteiger partial charge in [-0.1, -0.05) is 0 Å². The fourth-order valence-electron chi connectivity index (χ4n) is 2.60. The second-order valence-corrected chi connectivity index (χ2v) is 5.40. The Labute approximate surface area is 87.9 Å². The molecule has 1 aromatic rings. The van der Waals surface area contributed by atoms with Gasteiger partial charge in [-0.15, -0.1) is 11.3 Å². The Bertz CT molecular complexity index is 349. The van der Waals surface area contributed by atoms with E-state index in [0.717, 1.165) is 18.2 Å². The van der Waals surface area contributed by atoms with Crippen molar-refractivity contribution in [2.75, 3.05) is 6.54 Å². The molecule has 4 heteroatoms. The molecule has 3 fully saturated rings. The first-order valence-electron chi connectivity index (χ1n) is 5.14. The number of aryl methyl sites for hydroxylation is 1. The van der Waals surface area contributed by atoms with Crippen LogP contribution in [0.5, 0.6) is 0 Å². The maximum Gasteiger partial charge on any atom is 0.107 e. The van der Waals surface area contributed by atoms with Gasteiger partial charge in [0, 0.05) is 29.7 Å². The number of rotatable bonds is 2. The van der Waals surface area contributed by atoms with Crippen LogP contribution in [-0.4, -0.2) is 28.5 Å². The summed E-state index contributed by atoms with van der Waals surface area (Å²) in [6.07, 6.45) is 1.31. The Hall–Kier alpha value is -0.450. The zero-order valence-electron chi connectivity index (χ0n) is 8.31. The van der Waals surface area contributed by atoms with Crippen LogP contribution in [0.25, 0.3) is 0 Å². The fraction of sp³-hybridized carbons (Fsp3) is 0.700. The standard InChI is InChI=1S/C10H15N3S/c1-6-5-14-9(12-6)4-13-3-7-2-8(13)10(7)11/h5,7-8,10H,2-4,11H2,1H3. The van der Waals surface area contributed by atoms with Gasteiger partial charge < -0.3 is 5.73 Å². The SMILES string of the molecule is Cc1csc(CN2CC3CC2C3N)n1. The largest absolute Gasteiger partial charge is 0.326 e. The summed E-state index contributed by atoms with van der Waals surface area (Å²) in [5.74, 6) is 0.765. The Morgan fingerprint density at radius 2 is 2.57 bits per heavy atom. The summed E-state index contributed by atoms with van der Waals surface area (Å²) in [5.41, 5.74) is 7.16. The highest BCUT2D eigenvalue weighted by Gasteiger charge is 2.49. The van der Waals surface area contributed by atoms with Crippen LogP contribution in [0.4, 0.5) is 0 Å². The number of nitrogens with zero attached hydrogens (tertiary/aromatic N) is 2. The van der Waals surface area contributed by atoms with E-state index in [1.54, 1.807) is 11.3 Å². The first-order chi connectivity index (χ1) is 6.74. The van der Waals surface area contributed by atoms with E-state index in [1.807, 2.05) is 0 Å². The first-order valence-corrected chi connectivity index (χ1v) is 6.02. The predicted octanol–water partition coefficient (Wildman–Crippen LogP) is 0.983. The van der Waals surface area contributed by atoms with E-state index in [9.17, 15) is 0 Å². The molecule has 4 rings (SSSR count). The van der Waals surface area contributed by atoms with Crippen molar-refractivity contribution in [1.29, 1.82) is 0 Å². The molecular formula is C10H15N3S. The van der Waals surface area contributed by atoms with Gasteiger partial charge in [0.25, 0.3) is 0 Å². The summed E-state index contributed by atoms with van der Waals surface area (Å²) in [7, 11) is 0. The quantitative estimate of drug-likeness (QED) is 0.789. The van der Waals surface area contributed by atoms with Crippen LogP contribution < -0.4 is 5.73 Å². The average Bonchev–Trinajstić information content (AvgIpc) is 2.79. The lowest BCUT2D eigenvalue weighted by Gasteiger charge is -2.33. The molecule has 0 aromatic carbocycles. The van der Waals surface area contributed by atoms with Crippen LogP contribution in [0, 0.1) is 12.8 Å². The summed E-state index contributed by atoms with van der Waals surface area (Å²) < 4.78 is 0. The molecule has 3 heterocycles. The van der Waals surface area contributed by atoms with Gasteiger partial charge in [-0.2, -0.15) is 0 Å². The number of thiazole rings is 1. The van der Waals surface area contributed by atoms with E-state index >= 15 is 0 Å². The minimum Gasteiger partial charge on any atom is -0.326 e. The van der Waals surface area contributed by atoms with Gasteiger partial charge in [0.1, 0.15) is 5.01 Å². The minimum atomic E-state index is 0.441. The fourth-order valence-corrected chi connectivity index (χ4v) is 3.40. The Morgan fingerprint density at radius 1 is 1.71 bits per heavy atom. The molecule has 76 valence electrons. The van der Waals surface area contributed by atoms with Crippen molar-refractivity contribution in [3.8, 4) is 0 Å². The molecule has 2 bridgehead atoms. The second-order valence-electron chi connectivity index (χ2n) is 4.45. The lowest BCUT2D eigenvalue weighted by atomic mass is 9.81. The van der Waals surface area contributed by atoms with Gasteiger partial charge >= 0.3 is 0 Å². The van der Waals surface area contributed by atoms with Crippen molar-refractivity contribution in [3.63, 3.8) is 0 Å². The van der Waals surface area contributed by atoms with Crippen molar-refractivity contribution >= 4 is 11.3 Å². The van der Waals surface area contributed by atoms with Crippen LogP contribution in [0.1, 0.15) is 17.1 Å². The Morgan fingerprint density at radius 3 is 3.07 bits per heavy atom. The molecule has 0 amide bonds. The molecule has 1 aliphatic carbocycles. The van der Waals surface area contributed by atoms with Crippen molar-refractivity contribution in [1.82, 2.24) is 9.88 Å². The molecule has 1 saturated carbocycles. The second kappa shape index (κ2) is 3.02. The molecule has 0 radical (unpaired) electrons. The number of fused-ring (bicyclic) bond motifs is 1. The molecule has 3 atom stereocenters. The first kappa shape index (κ1) is 8.83. The highest BCUT2D eigenvalue weighted by Crippen LogP contribution is 2.40. The molecule has 2 saturated heterocycles. The van der Waals surface area contributed by atoms with Crippen LogP contribution in [-0.2, 0) is 6.54 Å². The van der Waals surface area contributed by atoms with E-state index < -0.39 is 0 Å². The summed E-state index contributed by atoms with van der Waals surface area (Å²) in [6, 6.07) is 1.08. The van der Waals surface area contributed by atoms with Crippen LogP contribution in [0.3, 0.4) is 0 Å². The Balaban J connectivity index is 1.69. The molecule has 0 spiro atoms. The smallest absolute Gasteiger partial charge is 0.107 e. The van der Waals surface area contributed by atoms with Crippen LogP contribution >= 0.6 is 11.3 Å². The molecular weight excluding hydrogens is 194 g/mol. The van der Waals surface area contributed by atoms with Gasteiger partial charge in [-0.05, 0) is 19.3 Å². The van der Waals surface area contributed by atoms with Gasteiger partial charge in [-0.25, -0.2) is 4.98 Å². The van der Waals surface area contributed by atoms with E-state index in [2.05, 4.69) is 22.2 Å². The van der Waals surface area contributed by atoms with Crippen LogP contribution in [0.15, 0.2) is 5.38 Å². The van der Waals surface area contributed by atoms with Crippen LogP contribution in [0.2, 0.25) is 0 Å². The predicted molar refractivity (Wildman–Crippen MR) is 57.1 cm³/mol. The zero-order chi connectivity index (χ0) is 9.71. The summed E-state index contributed by atoms with van der Waals surface area (Å²) in [4.78, 5) is 6.98. The lowest BCUT2D eigenvalue weighted by Crippen LogP contribution is -2.49. The molecule has 3 nitrogen and oxygen atoms in total. The summed E-state index contributed by atoms with van der Waals surface area (Å²) in [5, 5.41) is 3.36. The van der Waals surface area contributed by atoms with E-state index in [0.29, 0.717) is 12.1 Å². The highest BCUT2D eigenvalue weighted by atomic mass is 32.1. The summed E-state index contributed by atoms with van der Waals surface area (Å²) in [6.45, 7) is 4.24. The number of aromatic nitrogens is 1. The van der Waals surface area contributed by atoms with E-state index in [1.165, 1.54) is 18.0 Å². The molecule has 2 aliphatic heterocycles. The maximum atomic E-state index is 6.02. The van der Waals surface area contributed by atoms with Gasteiger partial charge in [0.05, 0.1) is 6.54 Å². The van der Waals surface area contributed by atoms with Gasteiger partial charge in [-0.3, -0.25) is 4.90 Å². The van der Waals surface area contributed by atoms with Crippen molar-refractivity contribution in [2.45, 2.75) is 32.0 Å².